The standard InChI is InChI=1S/C19H17FN6OS/c20-14-8-13(9-22-11-14)10-23-19-24-15-3-7-28-18(15)17(25-19)16(27)2-1-5-26-6-4-21-12-26/h3-4,6-9,11-12H,1-2,5,10H2,(H,23,24,25). The van der Waals surface area contributed by atoms with Crippen molar-refractivity contribution in [3.8, 4) is 0 Å². The molecule has 0 aromatic carbocycles. The zero-order valence-electron chi connectivity index (χ0n) is 14.9. The first-order chi connectivity index (χ1) is 13.7. The number of hydrogen-bond acceptors (Lipinski definition) is 7. The second kappa shape index (κ2) is 8.22. The molecular formula is C19H17FN6OS. The molecular weight excluding hydrogens is 379 g/mol. The van der Waals surface area contributed by atoms with Crippen LogP contribution in [0.25, 0.3) is 10.2 Å². The van der Waals surface area contributed by atoms with E-state index in [2.05, 4.69) is 25.3 Å². The summed E-state index contributed by atoms with van der Waals surface area (Å²) in [6.07, 6.45) is 9.12. The lowest BCUT2D eigenvalue weighted by atomic mass is 10.1. The van der Waals surface area contributed by atoms with Crippen molar-refractivity contribution in [1.29, 1.82) is 0 Å². The van der Waals surface area contributed by atoms with Crippen LogP contribution in [-0.2, 0) is 13.1 Å². The number of thiophene rings is 1. The fourth-order valence-corrected chi connectivity index (χ4v) is 3.66. The van der Waals surface area contributed by atoms with Crippen LogP contribution in [0.3, 0.4) is 0 Å². The van der Waals surface area contributed by atoms with E-state index in [9.17, 15) is 9.18 Å². The van der Waals surface area contributed by atoms with Gasteiger partial charge in [0.1, 0.15) is 11.5 Å². The molecule has 1 N–H and O–H groups in total. The van der Waals surface area contributed by atoms with Crippen molar-refractivity contribution in [3.05, 3.63) is 65.7 Å². The maximum atomic E-state index is 13.3. The number of halogens is 1. The number of pyridine rings is 1. The van der Waals surface area contributed by atoms with Gasteiger partial charge in [-0.15, -0.1) is 11.3 Å². The molecule has 9 heteroatoms. The fourth-order valence-electron chi connectivity index (χ4n) is 2.82. The highest BCUT2D eigenvalue weighted by atomic mass is 32.1. The third-order valence-electron chi connectivity index (χ3n) is 4.16. The van der Waals surface area contributed by atoms with Gasteiger partial charge in [-0.1, -0.05) is 0 Å². The molecule has 0 saturated heterocycles. The van der Waals surface area contributed by atoms with Gasteiger partial charge < -0.3 is 9.88 Å². The number of fused-ring (bicyclic) bond motifs is 1. The molecule has 0 aliphatic rings. The van der Waals surface area contributed by atoms with Gasteiger partial charge in [-0.25, -0.2) is 19.3 Å². The normalized spacial score (nSPS) is 11.0. The Bertz CT molecular complexity index is 1090. The van der Waals surface area contributed by atoms with Crippen LogP contribution >= 0.6 is 11.3 Å². The Hall–Kier alpha value is -3.20. The summed E-state index contributed by atoms with van der Waals surface area (Å²) in [5.74, 6) is -0.0826. The number of Topliss-reactive ketones (excluding diaryl/α,β-unsaturated/α-hetero) is 1. The van der Waals surface area contributed by atoms with Crippen molar-refractivity contribution in [1.82, 2.24) is 24.5 Å². The first-order valence-corrected chi connectivity index (χ1v) is 9.64. The Balaban J connectivity index is 1.48. The monoisotopic (exact) mass is 396 g/mol. The molecule has 0 aliphatic carbocycles. The minimum atomic E-state index is -0.401. The zero-order valence-corrected chi connectivity index (χ0v) is 15.7. The number of anilines is 1. The third-order valence-corrected chi connectivity index (χ3v) is 5.07. The number of hydrogen-bond donors (Lipinski definition) is 1. The third kappa shape index (κ3) is 4.20. The predicted molar refractivity (Wildman–Crippen MR) is 105 cm³/mol. The highest BCUT2D eigenvalue weighted by molar-refractivity contribution is 7.17. The van der Waals surface area contributed by atoms with Gasteiger partial charge >= 0.3 is 0 Å². The van der Waals surface area contributed by atoms with E-state index in [4.69, 9.17) is 0 Å². The minimum Gasteiger partial charge on any atom is -0.350 e. The van der Waals surface area contributed by atoms with E-state index in [1.54, 1.807) is 18.7 Å². The summed E-state index contributed by atoms with van der Waals surface area (Å²) in [5, 5.41) is 4.95. The Morgan fingerprint density at radius 3 is 3.00 bits per heavy atom. The quantitative estimate of drug-likeness (QED) is 0.457. The zero-order chi connectivity index (χ0) is 19.3. The van der Waals surface area contributed by atoms with E-state index in [1.165, 1.54) is 17.4 Å². The summed E-state index contributed by atoms with van der Waals surface area (Å²) in [5.41, 5.74) is 1.81. The summed E-state index contributed by atoms with van der Waals surface area (Å²) < 4.78 is 16.0. The van der Waals surface area contributed by atoms with Gasteiger partial charge in [0.25, 0.3) is 0 Å². The molecule has 0 fully saturated rings. The smallest absolute Gasteiger partial charge is 0.224 e. The Morgan fingerprint density at radius 1 is 1.25 bits per heavy atom. The molecule has 28 heavy (non-hydrogen) atoms. The number of ketones is 1. The van der Waals surface area contributed by atoms with Crippen molar-refractivity contribution in [2.45, 2.75) is 25.9 Å². The Morgan fingerprint density at radius 2 is 2.18 bits per heavy atom. The number of rotatable bonds is 8. The molecule has 0 saturated carbocycles. The number of nitrogens with one attached hydrogen (secondary N) is 1. The van der Waals surface area contributed by atoms with Crippen LogP contribution in [0.15, 0.2) is 48.6 Å². The fraction of sp³-hybridized carbons (Fsp3) is 0.211. The Kier molecular flexibility index (Phi) is 5.34. The SMILES string of the molecule is O=C(CCCn1ccnc1)c1nc(NCc2cncc(F)c2)nc2ccsc12. The molecule has 142 valence electrons. The average Bonchev–Trinajstić information content (AvgIpc) is 3.37. The summed E-state index contributed by atoms with van der Waals surface area (Å²) >= 11 is 1.45. The van der Waals surface area contributed by atoms with Gasteiger partial charge in [-0.2, -0.15) is 0 Å². The van der Waals surface area contributed by atoms with Crippen molar-refractivity contribution < 1.29 is 9.18 Å². The van der Waals surface area contributed by atoms with E-state index in [1.807, 2.05) is 22.2 Å². The molecule has 4 aromatic rings. The number of aryl methyl sites for hydroxylation is 1. The minimum absolute atomic E-state index is 0.0227. The lowest BCUT2D eigenvalue weighted by Gasteiger charge is -2.08. The molecule has 0 bridgehead atoms. The highest BCUT2D eigenvalue weighted by Crippen LogP contribution is 2.25. The van der Waals surface area contributed by atoms with Gasteiger partial charge in [0, 0.05) is 38.1 Å². The molecule has 4 aromatic heterocycles. The van der Waals surface area contributed by atoms with E-state index in [0.717, 1.165) is 23.0 Å². The van der Waals surface area contributed by atoms with Crippen LogP contribution in [-0.4, -0.2) is 30.3 Å². The Labute approximate surface area is 164 Å². The summed E-state index contributed by atoms with van der Waals surface area (Å²) in [6, 6.07) is 3.25. The van der Waals surface area contributed by atoms with Crippen molar-refractivity contribution in [2.75, 3.05) is 5.32 Å². The molecule has 0 atom stereocenters. The van der Waals surface area contributed by atoms with Gasteiger partial charge in [-0.05, 0) is 29.5 Å². The first-order valence-electron chi connectivity index (χ1n) is 8.76. The lowest BCUT2D eigenvalue weighted by Crippen LogP contribution is -2.10. The number of imidazole rings is 1. The highest BCUT2D eigenvalue weighted by Gasteiger charge is 2.16. The van der Waals surface area contributed by atoms with E-state index < -0.39 is 5.82 Å². The van der Waals surface area contributed by atoms with Gasteiger partial charge in [0.15, 0.2) is 5.78 Å². The number of nitrogens with zero attached hydrogens (tertiary/aromatic N) is 5. The van der Waals surface area contributed by atoms with Crippen LogP contribution in [0.5, 0.6) is 0 Å². The summed E-state index contributed by atoms with van der Waals surface area (Å²) in [7, 11) is 0. The maximum absolute atomic E-state index is 13.3. The molecule has 7 nitrogen and oxygen atoms in total. The maximum Gasteiger partial charge on any atom is 0.224 e. The van der Waals surface area contributed by atoms with Crippen molar-refractivity contribution in [2.24, 2.45) is 0 Å². The first kappa shape index (κ1) is 18.2. The average molecular weight is 396 g/mol. The van der Waals surface area contributed by atoms with E-state index in [0.29, 0.717) is 36.6 Å². The molecule has 0 amide bonds. The van der Waals surface area contributed by atoms with Crippen LogP contribution in [0.4, 0.5) is 10.3 Å². The number of carbonyl (C=O) groups excluding carboxylic acids is 1. The lowest BCUT2D eigenvalue weighted by molar-refractivity contribution is 0.0975. The molecule has 0 spiro atoms. The van der Waals surface area contributed by atoms with Crippen LogP contribution in [0.2, 0.25) is 0 Å². The molecule has 4 heterocycles. The largest absolute Gasteiger partial charge is 0.350 e. The molecule has 0 aliphatic heterocycles. The van der Waals surface area contributed by atoms with E-state index >= 15 is 0 Å². The number of carbonyl (C=O) groups is 1. The van der Waals surface area contributed by atoms with Crippen molar-refractivity contribution >= 4 is 33.3 Å². The van der Waals surface area contributed by atoms with Gasteiger partial charge in [-0.3, -0.25) is 9.78 Å². The summed E-state index contributed by atoms with van der Waals surface area (Å²) in [4.78, 5) is 29.5. The van der Waals surface area contributed by atoms with Gasteiger partial charge in [0.2, 0.25) is 5.95 Å². The van der Waals surface area contributed by atoms with Crippen LogP contribution in [0, 0.1) is 5.82 Å². The molecule has 0 unspecified atom stereocenters. The molecule has 4 rings (SSSR count). The second-order valence-corrected chi connectivity index (χ2v) is 7.14. The second-order valence-electron chi connectivity index (χ2n) is 6.22. The van der Waals surface area contributed by atoms with Crippen molar-refractivity contribution in [3.63, 3.8) is 0 Å². The molecule has 0 radical (unpaired) electrons. The van der Waals surface area contributed by atoms with E-state index in [-0.39, 0.29) is 5.78 Å². The number of aromatic nitrogens is 5. The van der Waals surface area contributed by atoms with Gasteiger partial charge in [0.05, 0.1) is 22.7 Å². The summed E-state index contributed by atoms with van der Waals surface area (Å²) in [6.45, 7) is 1.04. The van der Waals surface area contributed by atoms with Crippen LogP contribution < -0.4 is 5.32 Å². The predicted octanol–water partition coefficient (Wildman–Crippen LogP) is 3.70. The topological polar surface area (TPSA) is 85.6 Å². The van der Waals surface area contributed by atoms with Crippen LogP contribution in [0.1, 0.15) is 28.9 Å².